The zero-order valence-corrected chi connectivity index (χ0v) is 6.99. The maximum absolute atomic E-state index is 8.40. The number of hydrogen-bond acceptors (Lipinski definition) is 4. The molecule has 0 aliphatic carbocycles. The van der Waals surface area contributed by atoms with Crippen LogP contribution in [0.25, 0.3) is 0 Å². The van der Waals surface area contributed by atoms with Crippen LogP contribution < -0.4 is 0 Å². The Bertz CT molecular complexity index is 82.5. The van der Waals surface area contributed by atoms with Crippen molar-refractivity contribution < 1.29 is 20.3 Å². The van der Waals surface area contributed by atoms with E-state index in [1.54, 1.807) is 0 Å². The Kier molecular flexibility index (Phi) is 6.45. The molecule has 0 saturated carbocycles. The van der Waals surface area contributed by atoms with Gasteiger partial charge in [-0.25, -0.2) is 9.78 Å². The summed E-state index contributed by atoms with van der Waals surface area (Å²) in [4.78, 5) is 8.27. The molecular formula is C7H16O4. The van der Waals surface area contributed by atoms with Crippen molar-refractivity contribution in [2.75, 3.05) is 0 Å². The SMILES string of the molecule is CCCC(OO)C(CC)OO. The van der Waals surface area contributed by atoms with Crippen molar-refractivity contribution in [1.29, 1.82) is 0 Å². The molecule has 0 spiro atoms. The minimum absolute atomic E-state index is 0.421. The maximum atomic E-state index is 8.40. The molecule has 0 aliphatic rings. The summed E-state index contributed by atoms with van der Waals surface area (Å²) in [5.41, 5.74) is 0. The summed E-state index contributed by atoms with van der Waals surface area (Å²) >= 11 is 0. The topological polar surface area (TPSA) is 58.9 Å². The highest BCUT2D eigenvalue weighted by molar-refractivity contribution is 4.66. The Morgan fingerprint density at radius 1 is 1.09 bits per heavy atom. The molecule has 0 bridgehead atoms. The third kappa shape index (κ3) is 3.67. The van der Waals surface area contributed by atoms with Gasteiger partial charge in [-0.1, -0.05) is 20.3 Å². The molecule has 2 atom stereocenters. The van der Waals surface area contributed by atoms with E-state index in [2.05, 4.69) is 9.78 Å². The molecule has 0 aromatic heterocycles. The van der Waals surface area contributed by atoms with Crippen LogP contribution >= 0.6 is 0 Å². The van der Waals surface area contributed by atoms with Crippen LogP contribution in [0.3, 0.4) is 0 Å². The minimum Gasteiger partial charge on any atom is -0.251 e. The van der Waals surface area contributed by atoms with Crippen LogP contribution in [0, 0.1) is 0 Å². The van der Waals surface area contributed by atoms with Crippen LogP contribution in [0.4, 0.5) is 0 Å². The number of hydrogen-bond donors (Lipinski definition) is 2. The van der Waals surface area contributed by atoms with Gasteiger partial charge in [0.25, 0.3) is 0 Å². The van der Waals surface area contributed by atoms with E-state index < -0.39 is 12.2 Å². The van der Waals surface area contributed by atoms with Crippen LogP contribution in [0.5, 0.6) is 0 Å². The van der Waals surface area contributed by atoms with Gasteiger partial charge in [-0.3, -0.25) is 10.5 Å². The molecule has 4 heteroatoms. The van der Waals surface area contributed by atoms with Crippen LogP contribution in [0.2, 0.25) is 0 Å². The molecule has 0 aliphatic heterocycles. The molecule has 0 aromatic rings. The average molecular weight is 164 g/mol. The monoisotopic (exact) mass is 164 g/mol. The predicted octanol–water partition coefficient (Wildman–Crippen LogP) is 1.91. The Morgan fingerprint density at radius 2 is 1.64 bits per heavy atom. The highest BCUT2D eigenvalue weighted by Crippen LogP contribution is 2.11. The molecule has 0 rings (SSSR count). The van der Waals surface area contributed by atoms with E-state index in [1.807, 2.05) is 13.8 Å². The lowest BCUT2D eigenvalue weighted by Gasteiger charge is -2.19. The maximum Gasteiger partial charge on any atom is 0.122 e. The molecule has 0 fully saturated rings. The Morgan fingerprint density at radius 3 is 1.91 bits per heavy atom. The summed E-state index contributed by atoms with van der Waals surface area (Å²) in [7, 11) is 0. The molecular weight excluding hydrogens is 148 g/mol. The van der Waals surface area contributed by atoms with Crippen LogP contribution in [0.1, 0.15) is 33.1 Å². The molecule has 0 radical (unpaired) electrons. The van der Waals surface area contributed by atoms with Crippen molar-refractivity contribution in [3.05, 3.63) is 0 Å². The largest absolute Gasteiger partial charge is 0.251 e. The molecule has 0 amide bonds. The van der Waals surface area contributed by atoms with Gasteiger partial charge in [-0.05, 0) is 12.8 Å². The first-order chi connectivity index (χ1) is 5.29. The summed E-state index contributed by atoms with van der Waals surface area (Å²) in [5, 5.41) is 16.8. The van der Waals surface area contributed by atoms with E-state index in [9.17, 15) is 0 Å². The summed E-state index contributed by atoms with van der Waals surface area (Å²) in [6, 6.07) is 0. The molecule has 68 valence electrons. The molecule has 11 heavy (non-hydrogen) atoms. The first-order valence-electron chi connectivity index (χ1n) is 3.90. The van der Waals surface area contributed by atoms with Gasteiger partial charge in [0.2, 0.25) is 0 Å². The van der Waals surface area contributed by atoms with Crippen molar-refractivity contribution in [2.45, 2.75) is 45.3 Å². The predicted molar refractivity (Wildman–Crippen MR) is 40.2 cm³/mol. The second-order valence-corrected chi connectivity index (χ2v) is 2.48. The molecule has 2 N–H and O–H groups in total. The molecule has 4 nitrogen and oxygen atoms in total. The van der Waals surface area contributed by atoms with Gasteiger partial charge in [-0.2, -0.15) is 0 Å². The van der Waals surface area contributed by atoms with E-state index in [1.165, 1.54) is 0 Å². The lowest BCUT2D eigenvalue weighted by atomic mass is 10.1. The van der Waals surface area contributed by atoms with Gasteiger partial charge in [-0.15, -0.1) is 0 Å². The van der Waals surface area contributed by atoms with Crippen molar-refractivity contribution in [3.8, 4) is 0 Å². The van der Waals surface area contributed by atoms with Crippen molar-refractivity contribution in [2.24, 2.45) is 0 Å². The minimum atomic E-state index is -0.431. The van der Waals surface area contributed by atoms with E-state index in [4.69, 9.17) is 10.5 Å². The molecule has 2 unspecified atom stereocenters. The van der Waals surface area contributed by atoms with E-state index in [-0.39, 0.29) is 0 Å². The van der Waals surface area contributed by atoms with Gasteiger partial charge in [0.05, 0.1) is 0 Å². The van der Waals surface area contributed by atoms with E-state index in [0.29, 0.717) is 12.8 Å². The third-order valence-electron chi connectivity index (χ3n) is 1.66. The zero-order valence-electron chi connectivity index (χ0n) is 6.99. The fraction of sp³-hybridized carbons (Fsp3) is 1.00. The van der Waals surface area contributed by atoms with Gasteiger partial charge < -0.3 is 0 Å². The highest BCUT2D eigenvalue weighted by Gasteiger charge is 2.20. The number of rotatable bonds is 6. The lowest BCUT2D eigenvalue weighted by molar-refractivity contribution is -0.355. The average Bonchev–Trinajstić information content (AvgIpc) is 2.05. The second kappa shape index (κ2) is 6.54. The Labute approximate surface area is 66.6 Å². The summed E-state index contributed by atoms with van der Waals surface area (Å²) in [6.07, 6.45) is 1.32. The van der Waals surface area contributed by atoms with Gasteiger partial charge in [0, 0.05) is 0 Å². The zero-order chi connectivity index (χ0) is 8.69. The molecule has 0 aromatic carbocycles. The van der Waals surface area contributed by atoms with E-state index in [0.717, 1.165) is 6.42 Å². The summed E-state index contributed by atoms with van der Waals surface area (Å²) in [6.45, 7) is 3.82. The Balaban J connectivity index is 3.76. The normalized spacial score (nSPS) is 16.4. The summed E-state index contributed by atoms with van der Waals surface area (Å²) in [5.74, 6) is 0. The summed E-state index contributed by atoms with van der Waals surface area (Å²) < 4.78 is 0. The van der Waals surface area contributed by atoms with Crippen molar-refractivity contribution in [1.82, 2.24) is 0 Å². The van der Waals surface area contributed by atoms with Gasteiger partial charge >= 0.3 is 0 Å². The Hall–Kier alpha value is -0.160. The van der Waals surface area contributed by atoms with Crippen LogP contribution in [-0.4, -0.2) is 22.7 Å². The van der Waals surface area contributed by atoms with Crippen molar-refractivity contribution >= 4 is 0 Å². The first kappa shape index (κ1) is 10.8. The van der Waals surface area contributed by atoms with Crippen LogP contribution in [0.15, 0.2) is 0 Å². The smallest absolute Gasteiger partial charge is 0.122 e. The van der Waals surface area contributed by atoms with Crippen LogP contribution in [-0.2, 0) is 9.78 Å². The quantitative estimate of drug-likeness (QED) is 0.465. The molecule has 0 heterocycles. The first-order valence-corrected chi connectivity index (χ1v) is 3.90. The highest BCUT2D eigenvalue weighted by atomic mass is 17.1. The molecule has 0 saturated heterocycles. The van der Waals surface area contributed by atoms with Gasteiger partial charge in [0.15, 0.2) is 0 Å². The second-order valence-electron chi connectivity index (χ2n) is 2.48. The standard InChI is InChI=1S/C7H16O4/c1-3-5-7(11-9)6(4-2)10-8/h6-9H,3-5H2,1-2H3. The van der Waals surface area contributed by atoms with Crippen molar-refractivity contribution in [3.63, 3.8) is 0 Å². The lowest BCUT2D eigenvalue weighted by Crippen LogP contribution is -2.29. The fourth-order valence-corrected chi connectivity index (χ4v) is 0.996. The fourth-order valence-electron chi connectivity index (χ4n) is 0.996. The van der Waals surface area contributed by atoms with E-state index >= 15 is 0 Å². The van der Waals surface area contributed by atoms with Gasteiger partial charge in [0.1, 0.15) is 12.2 Å². The third-order valence-corrected chi connectivity index (χ3v) is 1.66.